The first-order chi connectivity index (χ1) is 15.5. The van der Waals surface area contributed by atoms with Crippen LogP contribution in [0.2, 0.25) is 0 Å². The van der Waals surface area contributed by atoms with E-state index in [1.165, 1.54) is 11.1 Å². The molecule has 0 amide bonds. The number of pyridine rings is 1. The molecule has 0 unspecified atom stereocenters. The zero-order valence-electron chi connectivity index (χ0n) is 18.8. The molecule has 1 aromatic carbocycles. The van der Waals surface area contributed by atoms with Crippen LogP contribution in [0.25, 0.3) is 16.6 Å². The molecule has 1 aliphatic carbocycles. The van der Waals surface area contributed by atoms with Crippen molar-refractivity contribution in [2.45, 2.75) is 58.9 Å². The minimum absolute atomic E-state index is 0.134. The van der Waals surface area contributed by atoms with E-state index >= 15 is 0 Å². The Bertz CT molecular complexity index is 1190. The van der Waals surface area contributed by atoms with E-state index in [9.17, 15) is 9.18 Å². The highest BCUT2D eigenvalue weighted by Gasteiger charge is 2.33. The fraction of sp³-hybridized carbons (Fsp3) is 0.440. The number of hydrogen-bond acceptors (Lipinski definition) is 5. The third-order valence-corrected chi connectivity index (χ3v) is 7.03. The summed E-state index contributed by atoms with van der Waals surface area (Å²) >= 11 is 0. The van der Waals surface area contributed by atoms with Gasteiger partial charge in [-0.05, 0) is 66.5 Å². The van der Waals surface area contributed by atoms with Gasteiger partial charge in [0.1, 0.15) is 5.82 Å². The standard InChI is InChI=1S/C25H28BFN2O3/c1-3-5-15-9-23-25-20(12-29(23)11-17(30)8-16(15)13-32-26-31)19-7-4-6-18-14(2)21(27)10-22(28-25)24(18)19/h9-10,26,31H,3-8,11-13H2,1-2H3/b16-15+,23-9-. The Morgan fingerprint density at radius 1 is 1.25 bits per heavy atom. The molecule has 3 heterocycles. The Morgan fingerprint density at radius 3 is 2.84 bits per heavy atom. The molecule has 0 saturated heterocycles. The highest BCUT2D eigenvalue weighted by molar-refractivity contribution is 6.15. The largest absolute Gasteiger partial charge is 0.435 e. The van der Waals surface area contributed by atoms with Gasteiger partial charge in [-0.15, -0.1) is 0 Å². The normalized spacial score (nSPS) is 21.7. The number of benzene rings is 1. The van der Waals surface area contributed by atoms with Crippen LogP contribution in [0, 0.1) is 12.7 Å². The van der Waals surface area contributed by atoms with Crippen LogP contribution in [-0.2, 0) is 28.8 Å². The average Bonchev–Trinajstić information content (AvgIpc) is 3.10. The molecule has 3 aliphatic rings. The summed E-state index contributed by atoms with van der Waals surface area (Å²) in [7, 11) is -0.368. The molecule has 0 bridgehead atoms. The predicted molar refractivity (Wildman–Crippen MR) is 124 cm³/mol. The van der Waals surface area contributed by atoms with Gasteiger partial charge < -0.3 is 14.6 Å². The third-order valence-electron chi connectivity index (χ3n) is 7.03. The summed E-state index contributed by atoms with van der Waals surface area (Å²) in [5.74, 6) is -0.0613. The van der Waals surface area contributed by atoms with Gasteiger partial charge in [-0.1, -0.05) is 13.3 Å². The van der Waals surface area contributed by atoms with Crippen molar-refractivity contribution in [1.29, 1.82) is 0 Å². The molecule has 7 heteroatoms. The van der Waals surface area contributed by atoms with Gasteiger partial charge in [0.05, 0.1) is 30.1 Å². The average molecular weight is 434 g/mol. The smallest absolute Gasteiger partial charge is 0.430 e. The Balaban J connectivity index is 1.73. The van der Waals surface area contributed by atoms with Crippen molar-refractivity contribution in [3.63, 3.8) is 0 Å². The lowest BCUT2D eigenvalue weighted by atomic mass is 9.85. The van der Waals surface area contributed by atoms with Crippen LogP contribution in [0.3, 0.4) is 0 Å². The number of ketones is 1. The summed E-state index contributed by atoms with van der Waals surface area (Å²) in [6.45, 7) is 5.21. The maximum absolute atomic E-state index is 14.7. The summed E-state index contributed by atoms with van der Waals surface area (Å²) in [6.07, 6.45) is 7.10. The van der Waals surface area contributed by atoms with E-state index in [1.807, 2.05) is 6.92 Å². The topological polar surface area (TPSA) is 62.7 Å². The van der Waals surface area contributed by atoms with E-state index in [2.05, 4.69) is 17.9 Å². The van der Waals surface area contributed by atoms with Crippen molar-refractivity contribution in [3.8, 4) is 0 Å². The summed E-state index contributed by atoms with van der Waals surface area (Å²) in [5, 5.41) is 10.2. The lowest BCUT2D eigenvalue weighted by Gasteiger charge is -2.24. The van der Waals surface area contributed by atoms with Gasteiger partial charge >= 0.3 is 7.69 Å². The first kappa shape index (κ1) is 21.3. The van der Waals surface area contributed by atoms with Crippen LogP contribution in [0.1, 0.15) is 60.6 Å². The SMILES string of the molecule is CCCC1=C(\COBO)CC(=O)CN2Cc3c(nc4cc(F)c(C)c5c4c3CCC5)\C2=C\1. The van der Waals surface area contributed by atoms with Crippen LogP contribution in [0.4, 0.5) is 4.39 Å². The number of halogens is 1. The zero-order valence-corrected chi connectivity index (χ0v) is 18.8. The van der Waals surface area contributed by atoms with Crippen LogP contribution in [0.5, 0.6) is 0 Å². The second kappa shape index (κ2) is 8.45. The molecule has 2 aromatic rings. The van der Waals surface area contributed by atoms with Gasteiger partial charge in [0, 0.05) is 30.0 Å². The highest BCUT2D eigenvalue weighted by Crippen LogP contribution is 2.42. The summed E-state index contributed by atoms with van der Waals surface area (Å²) in [6, 6.07) is 1.57. The van der Waals surface area contributed by atoms with Crippen LogP contribution < -0.4 is 0 Å². The number of Topliss-reactive ketones (excluding diaryl/α,β-unsaturated/α-hetero) is 1. The Labute approximate surface area is 188 Å². The monoisotopic (exact) mass is 434 g/mol. The van der Waals surface area contributed by atoms with Gasteiger partial charge in [-0.2, -0.15) is 0 Å². The molecular formula is C25H28BFN2O3. The van der Waals surface area contributed by atoms with Gasteiger partial charge in [0.15, 0.2) is 5.78 Å². The summed E-state index contributed by atoms with van der Waals surface area (Å²) in [4.78, 5) is 20.0. The predicted octanol–water partition coefficient (Wildman–Crippen LogP) is 3.67. The summed E-state index contributed by atoms with van der Waals surface area (Å²) < 4.78 is 19.9. The third kappa shape index (κ3) is 3.48. The molecule has 5 rings (SSSR count). The van der Waals surface area contributed by atoms with Crippen molar-refractivity contribution in [1.82, 2.24) is 9.88 Å². The van der Waals surface area contributed by atoms with E-state index in [-0.39, 0.29) is 25.9 Å². The number of hydrogen-bond donors (Lipinski definition) is 1. The van der Waals surface area contributed by atoms with Gasteiger partial charge in [-0.3, -0.25) is 4.79 Å². The molecule has 1 aromatic heterocycles. The van der Waals surface area contributed by atoms with E-state index in [4.69, 9.17) is 14.7 Å². The summed E-state index contributed by atoms with van der Waals surface area (Å²) in [5.41, 5.74) is 8.85. The molecule has 0 saturated carbocycles. The number of rotatable bonds is 5. The molecule has 1 N–H and O–H groups in total. The number of carbonyl (C=O) groups is 1. The van der Waals surface area contributed by atoms with Crippen LogP contribution >= 0.6 is 0 Å². The van der Waals surface area contributed by atoms with E-state index in [1.54, 1.807) is 6.07 Å². The number of allylic oxidation sites excluding steroid dienone is 2. The maximum atomic E-state index is 14.7. The van der Waals surface area contributed by atoms with Crippen molar-refractivity contribution >= 4 is 30.1 Å². The molecular weight excluding hydrogens is 406 g/mol. The maximum Gasteiger partial charge on any atom is 0.435 e. The van der Waals surface area contributed by atoms with Gasteiger partial charge in [0.2, 0.25) is 0 Å². The van der Waals surface area contributed by atoms with Crippen molar-refractivity contribution in [2.24, 2.45) is 0 Å². The first-order valence-electron chi connectivity index (χ1n) is 11.5. The quantitative estimate of drug-likeness (QED) is 0.728. The number of aromatic nitrogens is 1. The Kier molecular flexibility index (Phi) is 5.64. The van der Waals surface area contributed by atoms with E-state index in [0.717, 1.165) is 76.7 Å². The molecule has 0 atom stereocenters. The fourth-order valence-corrected chi connectivity index (χ4v) is 5.55. The number of aryl methyl sites for hydroxylation is 2. The Hall–Kier alpha value is -2.51. The molecule has 32 heavy (non-hydrogen) atoms. The number of nitrogens with zero attached hydrogens (tertiary/aromatic N) is 2. The van der Waals surface area contributed by atoms with Crippen molar-refractivity contribution in [3.05, 3.63) is 57.1 Å². The Morgan fingerprint density at radius 2 is 2.06 bits per heavy atom. The van der Waals surface area contributed by atoms with Crippen LogP contribution in [-0.4, -0.2) is 41.5 Å². The van der Waals surface area contributed by atoms with Crippen LogP contribution in [0.15, 0.2) is 23.3 Å². The van der Waals surface area contributed by atoms with Gasteiger partial charge in [0.25, 0.3) is 0 Å². The molecule has 0 fully saturated rings. The second-order valence-corrected chi connectivity index (χ2v) is 9.08. The fourth-order valence-electron chi connectivity index (χ4n) is 5.55. The second-order valence-electron chi connectivity index (χ2n) is 9.08. The van der Waals surface area contributed by atoms with Crippen molar-refractivity contribution < 1.29 is 18.9 Å². The molecule has 0 radical (unpaired) electrons. The highest BCUT2D eigenvalue weighted by atomic mass is 19.1. The molecule has 5 nitrogen and oxygen atoms in total. The number of fused-ring (bicyclic) bond motifs is 4. The first-order valence-corrected chi connectivity index (χ1v) is 11.5. The van der Waals surface area contributed by atoms with E-state index in [0.29, 0.717) is 19.5 Å². The molecule has 2 aliphatic heterocycles. The number of carbonyl (C=O) groups excluding carboxylic acids is 1. The molecule has 0 spiro atoms. The van der Waals surface area contributed by atoms with Crippen molar-refractivity contribution in [2.75, 3.05) is 13.2 Å². The minimum Gasteiger partial charge on any atom is -0.430 e. The lowest BCUT2D eigenvalue weighted by molar-refractivity contribution is -0.119. The zero-order chi connectivity index (χ0) is 22.4. The van der Waals surface area contributed by atoms with E-state index < -0.39 is 0 Å². The minimum atomic E-state index is -0.368. The molecule has 166 valence electrons. The van der Waals surface area contributed by atoms with Gasteiger partial charge in [-0.25, -0.2) is 9.37 Å². The lowest BCUT2D eigenvalue weighted by Crippen LogP contribution is -2.27.